The number of esters is 1. The molecule has 1 aromatic carbocycles. The second kappa shape index (κ2) is 8.38. The molecular weight excluding hydrogens is 284 g/mol. The van der Waals surface area contributed by atoms with E-state index in [1.165, 1.54) is 0 Å². The lowest BCUT2D eigenvalue weighted by molar-refractivity contribution is -0.125. The molecule has 0 aliphatic heterocycles. The normalized spacial score (nSPS) is 10.9. The van der Waals surface area contributed by atoms with Gasteiger partial charge >= 0.3 is 5.97 Å². The van der Waals surface area contributed by atoms with E-state index in [9.17, 15) is 9.59 Å². The fraction of sp³-hybridized carbons (Fsp3) is 0.500. The third-order valence-corrected chi connectivity index (χ3v) is 3.27. The van der Waals surface area contributed by atoms with Gasteiger partial charge in [0, 0.05) is 17.8 Å². The van der Waals surface area contributed by atoms with E-state index in [0.717, 1.165) is 6.42 Å². The predicted octanol–water partition coefficient (Wildman–Crippen LogP) is 1.55. The Kier molecular flexibility index (Phi) is 6.85. The summed E-state index contributed by atoms with van der Waals surface area (Å²) < 4.78 is 5.05. The zero-order valence-electron chi connectivity index (χ0n) is 13.3. The molecule has 6 heteroatoms. The highest BCUT2D eigenvalue weighted by molar-refractivity contribution is 5.96. The molecule has 22 heavy (non-hydrogen) atoms. The average Bonchev–Trinajstić information content (AvgIpc) is 2.50. The fourth-order valence-corrected chi connectivity index (χ4v) is 1.72. The Morgan fingerprint density at radius 2 is 1.95 bits per heavy atom. The highest BCUT2D eigenvalue weighted by Crippen LogP contribution is 2.16. The van der Waals surface area contributed by atoms with Gasteiger partial charge in [0.15, 0.2) is 6.61 Å². The molecule has 1 aromatic rings. The summed E-state index contributed by atoms with van der Waals surface area (Å²) in [6.45, 7) is 5.74. The Morgan fingerprint density at radius 1 is 1.27 bits per heavy atom. The molecule has 0 saturated carbocycles. The molecule has 0 spiro atoms. The average molecular weight is 308 g/mol. The van der Waals surface area contributed by atoms with Gasteiger partial charge in [-0.1, -0.05) is 19.1 Å². The van der Waals surface area contributed by atoms with Gasteiger partial charge in [0.25, 0.3) is 5.91 Å². The molecule has 6 nitrogen and oxygen atoms in total. The van der Waals surface area contributed by atoms with Crippen LogP contribution < -0.4 is 10.6 Å². The standard InChI is InChI=1S/C16H24N2O4/c1-4-16(2,3)18-14(20)11-22-15(21)12-7-5-6-8-13(12)17-9-10-19/h5-8,17,19H,4,9-11H2,1-3H3,(H,18,20). The van der Waals surface area contributed by atoms with Gasteiger partial charge in [-0.15, -0.1) is 0 Å². The van der Waals surface area contributed by atoms with Crippen molar-refractivity contribution in [1.82, 2.24) is 5.32 Å². The molecule has 0 aromatic heterocycles. The molecule has 0 aliphatic rings. The third-order valence-electron chi connectivity index (χ3n) is 3.27. The topological polar surface area (TPSA) is 87.7 Å². The number of amides is 1. The molecule has 0 fully saturated rings. The Balaban J connectivity index is 2.61. The number of hydrogen-bond acceptors (Lipinski definition) is 5. The summed E-state index contributed by atoms with van der Waals surface area (Å²) in [6.07, 6.45) is 0.778. The molecule has 0 aliphatic carbocycles. The Hall–Kier alpha value is -2.08. The predicted molar refractivity (Wildman–Crippen MR) is 84.8 cm³/mol. The molecule has 0 radical (unpaired) electrons. The second-order valence-electron chi connectivity index (χ2n) is 5.56. The molecule has 0 unspecified atom stereocenters. The van der Waals surface area contributed by atoms with E-state index in [1.54, 1.807) is 24.3 Å². The molecule has 0 atom stereocenters. The lowest BCUT2D eigenvalue weighted by Crippen LogP contribution is -2.44. The highest BCUT2D eigenvalue weighted by Gasteiger charge is 2.19. The van der Waals surface area contributed by atoms with Crippen LogP contribution in [0.4, 0.5) is 5.69 Å². The van der Waals surface area contributed by atoms with E-state index in [-0.39, 0.29) is 24.7 Å². The first kappa shape index (κ1) is 18.0. The van der Waals surface area contributed by atoms with Gasteiger partial charge in [-0.25, -0.2) is 4.79 Å². The Labute approximate surface area is 130 Å². The quantitative estimate of drug-likeness (QED) is 0.634. The minimum atomic E-state index is -0.578. The number of rotatable bonds is 8. The SMILES string of the molecule is CCC(C)(C)NC(=O)COC(=O)c1ccccc1NCCO. The van der Waals surface area contributed by atoms with Gasteiger partial charge in [-0.2, -0.15) is 0 Å². The molecule has 0 bridgehead atoms. The largest absolute Gasteiger partial charge is 0.452 e. The number of carbonyl (C=O) groups is 2. The van der Waals surface area contributed by atoms with Gasteiger partial charge in [-0.05, 0) is 32.4 Å². The van der Waals surface area contributed by atoms with Crippen LogP contribution in [0.15, 0.2) is 24.3 Å². The van der Waals surface area contributed by atoms with E-state index < -0.39 is 5.97 Å². The van der Waals surface area contributed by atoms with Crippen molar-refractivity contribution >= 4 is 17.6 Å². The lowest BCUT2D eigenvalue weighted by atomic mass is 10.0. The molecule has 1 rings (SSSR count). The van der Waals surface area contributed by atoms with E-state index >= 15 is 0 Å². The van der Waals surface area contributed by atoms with Crippen molar-refractivity contribution in [2.75, 3.05) is 25.1 Å². The van der Waals surface area contributed by atoms with Crippen molar-refractivity contribution in [3.05, 3.63) is 29.8 Å². The minimum absolute atomic E-state index is 0.0438. The summed E-state index contributed by atoms with van der Waals surface area (Å²) in [5.41, 5.74) is 0.568. The first-order valence-electron chi connectivity index (χ1n) is 7.31. The molecule has 0 heterocycles. The zero-order chi connectivity index (χ0) is 16.6. The number of anilines is 1. The van der Waals surface area contributed by atoms with E-state index in [1.807, 2.05) is 20.8 Å². The smallest absolute Gasteiger partial charge is 0.340 e. The summed E-state index contributed by atoms with van der Waals surface area (Å²) in [5.74, 6) is -0.911. The summed E-state index contributed by atoms with van der Waals surface area (Å²) in [5, 5.41) is 14.6. The van der Waals surface area contributed by atoms with Gasteiger partial charge in [0.1, 0.15) is 0 Å². The number of nitrogens with one attached hydrogen (secondary N) is 2. The van der Waals surface area contributed by atoms with Crippen molar-refractivity contribution in [2.24, 2.45) is 0 Å². The van der Waals surface area contributed by atoms with E-state index in [4.69, 9.17) is 9.84 Å². The Bertz CT molecular complexity index is 515. The number of ether oxygens (including phenoxy) is 1. The van der Waals surface area contributed by atoms with E-state index in [2.05, 4.69) is 10.6 Å². The van der Waals surface area contributed by atoms with Gasteiger partial charge in [0.05, 0.1) is 12.2 Å². The molecule has 3 N–H and O–H groups in total. The van der Waals surface area contributed by atoms with Crippen molar-refractivity contribution in [3.8, 4) is 0 Å². The summed E-state index contributed by atoms with van der Waals surface area (Å²) in [6, 6.07) is 6.80. The van der Waals surface area contributed by atoms with E-state index in [0.29, 0.717) is 17.8 Å². The van der Waals surface area contributed by atoms with Crippen LogP contribution >= 0.6 is 0 Å². The first-order valence-corrected chi connectivity index (χ1v) is 7.31. The summed E-state index contributed by atoms with van der Waals surface area (Å²) in [7, 11) is 0. The number of hydrogen-bond donors (Lipinski definition) is 3. The molecular formula is C16H24N2O4. The maximum absolute atomic E-state index is 12.1. The number of benzene rings is 1. The number of aliphatic hydroxyl groups is 1. The van der Waals surface area contributed by atoms with Crippen molar-refractivity contribution in [3.63, 3.8) is 0 Å². The molecule has 1 amide bonds. The lowest BCUT2D eigenvalue weighted by Gasteiger charge is -2.24. The maximum atomic E-state index is 12.1. The first-order chi connectivity index (χ1) is 10.4. The third kappa shape index (κ3) is 5.73. The number of aliphatic hydroxyl groups excluding tert-OH is 1. The van der Waals surface area contributed by atoms with Crippen LogP contribution in [-0.4, -0.2) is 42.3 Å². The zero-order valence-corrected chi connectivity index (χ0v) is 13.3. The van der Waals surface area contributed by atoms with Crippen LogP contribution in [0, 0.1) is 0 Å². The van der Waals surface area contributed by atoms with Crippen LogP contribution in [0.5, 0.6) is 0 Å². The van der Waals surface area contributed by atoms with Gasteiger partial charge < -0.3 is 20.5 Å². The second-order valence-corrected chi connectivity index (χ2v) is 5.56. The van der Waals surface area contributed by atoms with Crippen LogP contribution in [0.1, 0.15) is 37.6 Å². The molecule has 0 saturated heterocycles. The van der Waals surface area contributed by atoms with Crippen molar-refractivity contribution < 1.29 is 19.4 Å². The molecule has 122 valence electrons. The fourth-order valence-electron chi connectivity index (χ4n) is 1.72. The maximum Gasteiger partial charge on any atom is 0.340 e. The van der Waals surface area contributed by atoms with Gasteiger partial charge in [-0.3, -0.25) is 4.79 Å². The van der Waals surface area contributed by atoms with Crippen LogP contribution in [-0.2, 0) is 9.53 Å². The van der Waals surface area contributed by atoms with Crippen LogP contribution in [0.2, 0.25) is 0 Å². The van der Waals surface area contributed by atoms with Crippen molar-refractivity contribution in [2.45, 2.75) is 32.7 Å². The summed E-state index contributed by atoms with van der Waals surface area (Å²) >= 11 is 0. The number of para-hydroxylation sites is 1. The van der Waals surface area contributed by atoms with Crippen LogP contribution in [0.3, 0.4) is 0 Å². The Morgan fingerprint density at radius 3 is 2.59 bits per heavy atom. The number of carbonyl (C=O) groups excluding carboxylic acids is 2. The van der Waals surface area contributed by atoms with Crippen LogP contribution in [0.25, 0.3) is 0 Å². The highest BCUT2D eigenvalue weighted by atomic mass is 16.5. The van der Waals surface area contributed by atoms with Gasteiger partial charge in [0.2, 0.25) is 0 Å². The summed E-state index contributed by atoms with van der Waals surface area (Å²) in [4.78, 5) is 23.8. The minimum Gasteiger partial charge on any atom is -0.452 e. The van der Waals surface area contributed by atoms with Crippen molar-refractivity contribution in [1.29, 1.82) is 0 Å². The monoisotopic (exact) mass is 308 g/mol.